The monoisotopic (exact) mass is 428 g/mol. The lowest BCUT2D eigenvalue weighted by molar-refractivity contribution is 0.121. The van der Waals surface area contributed by atoms with Gasteiger partial charge in [0, 0.05) is 11.1 Å². The highest BCUT2D eigenvalue weighted by Gasteiger charge is 2.30. The standard InChI is InChI=1S/C29H48O2/c1-20(2)12-9-13-21(3)14-10-15-22(4)16-11-18-29(8)19-17-26-25(7)27(30)23(5)24(6)28(26)31-29/h17,19-22,30H,9-16,18H2,1-8H3/t21?,22?,29-/m0/s1. The molecular formula is C29H48O2. The van der Waals surface area contributed by atoms with Gasteiger partial charge in [0.05, 0.1) is 0 Å². The number of phenolic OH excluding ortho intramolecular Hbond substituents is 1. The van der Waals surface area contributed by atoms with Crippen molar-refractivity contribution in [2.75, 3.05) is 0 Å². The molecule has 0 aromatic heterocycles. The molecule has 0 radical (unpaired) electrons. The molecule has 0 aliphatic carbocycles. The molecule has 0 saturated carbocycles. The van der Waals surface area contributed by atoms with Gasteiger partial charge in [0.15, 0.2) is 0 Å². The lowest BCUT2D eigenvalue weighted by Gasteiger charge is -2.34. The quantitative estimate of drug-likeness (QED) is 0.360. The van der Waals surface area contributed by atoms with E-state index in [0.717, 1.165) is 52.2 Å². The van der Waals surface area contributed by atoms with Gasteiger partial charge in [-0.15, -0.1) is 0 Å². The number of phenols is 1. The van der Waals surface area contributed by atoms with Crippen molar-refractivity contribution in [1.29, 1.82) is 0 Å². The highest BCUT2D eigenvalue weighted by molar-refractivity contribution is 5.71. The van der Waals surface area contributed by atoms with Crippen molar-refractivity contribution >= 4 is 6.08 Å². The molecule has 1 aromatic rings. The number of hydrogen-bond acceptors (Lipinski definition) is 2. The highest BCUT2D eigenvalue weighted by Crippen LogP contribution is 2.43. The van der Waals surface area contributed by atoms with E-state index >= 15 is 0 Å². The van der Waals surface area contributed by atoms with E-state index < -0.39 is 0 Å². The maximum Gasteiger partial charge on any atom is 0.131 e. The van der Waals surface area contributed by atoms with Crippen molar-refractivity contribution in [3.8, 4) is 11.5 Å². The van der Waals surface area contributed by atoms with Crippen molar-refractivity contribution in [3.63, 3.8) is 0 Å². The van der Waals surface area contributed by atoms with Crippen molar-refractivity contribution < 1.29 is 9.84 Å². The smallest absolute Gasteiger partial charge is 0.131 e. The zero-order valence-corrected chi connectivity index (χ0v) is 21.6. The summed E-state index contributed by atoms with van der Waals surface area (Å²) in [4.78, 5) is 0. The van der Waals surface area contributed by atoms with Crippen LogP contribution in [0.5, 0.6) is 11.5 Å². The molecule has 2 heteroatoms. The van der Waals surface area contributed by atoms with E-state index in [-0.39, 0.29) is 5.60 Å². The number of benzene rings is 1. The summed E-state index contributed by atoms with van der Waals surface area (Å²) in [6, 6.07) is 0. The fraction of sp³-hybridized carbons (Fsp3) is 0.724. The van der Waals surface area contributed by atoms with Crippen LogP contribution in [0, 0.1) is 38.5 Å². The first-order valence-corrected chi connectivity index (χ1v) is 12.7. The summed E-state index contributed by atoms with van der Waals surface area (Å²) in [5, 5.41) is 10.4. The second kappa shape index (κ2) is 11.4. The molecule has 176 valence electrons. The topological polar surface area (TPSA) is 29.5 Å². The van der Waals surface area contributed by atoms with Gasteiger partial charge in [0.1, 0.15) is 17.1 Å². The van der Waals surface area contributed by atoms with Crippen LogP contribution in [0.4, 0.5) is 0 Å². The van der Waals surface area contributed by atoms with Crippen molar-refractivity contribution in [2.24, 2.45) is 17.8 Å². The van der Waals surface area contributed by atoms with Crippen molar-refractivity contribution in [3.05, 3.63) is 28.3 Å². The van der Waals surface area contributed by atoms with Gasteiger partial charge in [0.2, 0.25) is 0 Å². The van der Waals surface area contributed by atoms with Crippen LogP contribution in [0.25, 0.3) is 6.08 Å². The predicted octanol–water partition coefficient (Wildman–Crippen LogP) is 8.92. The Morgan fingerprint density at radius 1 is 0.806 bits per heavy atom. The second-order valence-electron chi connectivity index (χ2n) is 11.1. The van der Waals surface area contributed by atoms with Gasteiger partial charge in [-0.2, -0.15) is 0 Å². The minimum Gasteiger partial charge on any atom is -0.507 e. The minimum atomic E-state index is -0.252. The van der Waals surface area contributed by atoms with E-state index in [1.165, 1.54) is 51.4 Å². The number of fused-ring (bicyclic) bond motifs is 1. The SMILES string of the molecule is Cc1c(C)c2c(c(C)c1O)C=C[C@](C)(CCCC(C)CCCC(C)CCCC(C)C)O2. The minimum absolute atomic E-state index is 0.252. The van der Waals surface area contributed by atoms with Crippen LogP contribution in [0.2, 0.25) is 0 Å². The molecule has 0 amide bonds. The van der Waals surface area contributed by atoms with E-state index in [4.69, 9.17) is 4.74 Å². The Bertz CT molecular complexity index is 746. The molecule has 0 fully saturated rings. The van der Waals surface area contributed by atoms with E-state index in [9.17, 15) is 5.11 Å². The molecule has 2 rings (SSSR count). The van der Waals surface area contributed by atoms with Gasteiger partial charge >= 0.3 is 0 Å². The highest BCUT2D eigenvalue weighted by atomic mass is 16.5. The van der Waals surface area contributed by atoms with Gasteiger partial charge in [-0.25, -0.2) is 0 Å². The first-order valence-electron chi connectivity index (χ1n) is 12.7. The molecular weight excluding hydrogens is 380 g/mol. The van der Waals surface area contributed by atoms with E-state index in [1.807, 2.05) is 13.8 Å². The molecule has 2 unspecified atom stereocenters. The van der Waals surface area contributed by atoms with Gasteiger partial charge in [-0.05, 0) is 75.5 Å². The van der Waals surface area contributed by atoms with Crippen LogP contribution in [-0.4, -0.2) is 10.7 Å². The van der Waals surface area contributed by atoms with Gasteiger partial charge in [-0.1, -0.05) is 78.7 Å². The van der Waals surface area contributed by atoms with Crippen molar-refractivity contribution in [2.45, 2.75) is 119 Å². The Hall–Kier alpha value is -1.44. The van der Waals surface area contributed by atoms with Gasteiger partial charge in [-0.3, -0.25) is 0 Å². The third kappa shape index (κ3) is 7.29. The Morgan fingerprint density at radius 2 is 1.35 bits per heavy atom. The average molecular weight is 429 g/mol. The fourth-order valence-corrected chi connectivity index (χ4v) is 4.90. The maximum atomic E-state index is 10.4. The molecule has 1 N–H and O–H groups in total. The lowest BCUT2D eigenvalue weighted by Crippen LogP contribution is -2.32. The van der Waals surface area contributed by atoms with Gasteiger partial charge in [0.25, 0.3) is 0 Å². The first kappa shape index (κ1) is 25.8. The van der Waals surface area contributed by atoms with Gasteiger partial charge < -0.3 is 9.84 Å². The van der Waals surface area contributed by atoms with E-state index in [2.05, 4.69) is 53.7 Å². The predicted molar refractivity (Wildman–Crippen MR) is 135 cm³/mol. The van der Waals surface area contributed by atoms with Crippen LogP contribution in [0.1, 0.15) is 115 Å². The zero-order chi connectivity index (χ0) is 23.2. The van der Waals surface area contributed by atoms with E-state index in [0.29, 0.717) is 5.75 Å². The third-order valence-electron chi connectivity index (χ3n) is 7.44. The number of aromatic hydroxyl groups is 1. The summed E-state index contributed by atoms with van der Waals surface area (Å²) >= 11 is 0. The van der Waals surface area contributed by atoms with Crippen LogP contribution >= 0.6 is 0 Å². The second-order valence-corrected chi connectivity index (χ2v) is 11.1. The molecule has 2 nitrogen and oxygen atoms in total. The largest absolute Gasteiger partial charge is 0.507 e. The number of hydrogen-bond donors (Lipinski definition) is 1. The fourth-order valence-electron chi connectivity index (χ4n) is 4.90. The zero-order valence-electron chi connectivity index (χ0n) is 21.6. The number of ether oxygens (including phenoxy) is 1. The van der Waals surface area contributed by atoms with Crippen LogP contribution in [0.3, 0.4) is 0 Å². The Balaban J connectivity index is 1.76. The molecule has 0 saturated heterocycles. The summed E-state index contributed by atoms with van der Waals surface area (Å²) in [6.45, 7) is 17.7. The molecule has 0 bridgehead atoms. The Kier molecular flexibility index (Phi) is 9.52. The van der Waals surface area contributed by atoms with E-state index in [1.54, 1.807) is 0 Å². The molecule has 1 aromatic carbocycles. The molecule has 31 heavy (non-hydrogen) atoms. The van der Waals surface area contributed by atoms with Crippen LogP contribution in [0.15, 0.2) is 6.08 Å². The summed E-state index contributed by atoms with van der Waals surface area (Å²) in [5.74, 6) is 3.86. The Morgan fingerprint density at radius 3 is 1.94 bits per heavy atom. The number of rotatable bonds is 12. The first-order chi connectivity index (χ1) is 14.5. The van der Waals surface area contributed by atoms with Crippen molar-refractivity contribution in [1.82, 2.24) is 0 Å². The Labute approximate surface area is 192 Å². The average Bonchev–Trinajstić information content (AvgIpc) is 2.70. The summed E-state index contributed by atoms with van der Waals surface area (Å²) in [5.41, 5.74) is 3.70. The summed E-state index contributed by atoms with van der Waals surface area (Å²) in [7, 11) is 0. The summed E-state index contributed by atoms with van der Waals surface area (Å²) in [6.07, 6.45) is 16.1. The molecule has 1 heterocycles. The van der Waals surface area contributed by atoms with Crippen LogP contribution in [-0.2, 0) is 0 Å². The molecule has 3 atom stereocenters. The third-order valence-corrected chi connectivity index (χ3v) is 7.44. The molecule has 1 aliphatic rings. The maximum absolute atomic E-state index is 10.4. The summed E-state index contributed by atoms with van der Waals surface area (Å²) < 4.78 is 6.52. The molecule has 1 aliphatic heterocycles. The lowest BCUT2D eigenvalue weighted by atomic mass is 9.88. The van der Waals surface area contributed by atoms with Crippen LogP contribution < -0.4 is 4.74 Å². The normalized spacial score (nSPS) is 19.9. The molecule has 0 spiro atoms.